The van der Waals surface area contributed by atoms with Gasteiger partial charge in [0.05, 0.1) is 17.3 Å². The fourth-order valence-corrected chi connectivity index (χ4v) is 2.75. The van der Waals surface area contributed by atoms with Crippen molar-refractivity contribution in [1.82, 2.24) is 5.32 Å². The highest BCUT2D eigenvalue weighted by molar-refractivity contribution is 6.30. The first-order chi connectivity index (χ1) is 13.7. The summed E-state index contributed by atoms with van der Waals surface area (Å²) in [6.07, 6.45) is -2.81. The predicted octanol–water partition coefficient (Wildman–Crippen LogP) is 5.62. The topological polar surface area (TPSA) is 64.9 Å². The SMILES string of the molecule is CCc1ccc(C(C)NC(=O)/C(C#N)=C\Nc2ccc(Cl)cc2C(F)(F)F)cc1. The molecule has 8 heteroatoms. The van der Waals surface area contributed by atoms with E-state index in [0.717, 1.165) is 35.9 Å². The standard InChI is InChI=1S/C21H19ClF3N3O/c1-3-14-4-6-15(7-5-14)13(2)28-20(29)16(11-26)12-27-19-9-8-17(22)10-18(19)21(23,24)25/h4-10,12-13,27H,3H2,1-2H3,(H,28,29)/b16-12-. The van der Waals surface area contributed by atoms with Crippen LogP contribution in [0.2, 0.25) is 5.02 Å². The number of carbonyl (C=O) groups is 1. The zero-order valence-electron chi connectivity index (χ0n) is 15.8. The second-order valence-electron chi connectivity index (χ2n) is 6.29. The van der Waals surface area contributed by atoms with Gasteiger partial charge >= 0.3 is 6.18 Å². The molecule has 1 amide bonds. The van der Waals surface area contributed by atoms with Crippen molar-refractivity contribution in [2.75, 3.05) is 5.32 Å². The maximum Gasteiger partial charge on any atom is 0.418 e. The Bertz CT molecular complexity index is 947. The highest BCUT2D eigenvalue weighted by Gasteiger charge is 2.33. The Labute approximate surface area is 172 Å². The number of benzene rings is 2. The number of aryl methyl sites for hydroxylation is 1. The van der Waals surface area contributed by atoms with E-state index in [-0.39, 0.29) is 22.3 Å². The Kier molecular flexibility index (Phi) is 7.29. The third-order valence-electron chi connectivity index (χ3n) is 4.26. The van der Waals surface area contributed by atoms with Crippen LogP contribution in [0.1, 0.15) is 36.6 Å². The summed E-state index contributed by atoms with van der Waals surface area (Å²) in [5, 5.41) is 14.2. The van der Waals surface area contributed by atoms with Crippen LogP contribution in [0.3, 0.4) is 0 Å². The summed E-state index contributed by atoms with van der Waals surface area (Å²) in [6.45, 7) is 3.78. The van der Waals surface area contributed by atoms with Crippen molar-refractivity contribution >= 4 is 23.2 Å². The van der Waals surface area contributed by atoms with E-state index in [9.17, 15) is 23.2 Å². The van der Waals surface area contributed by atoms with Crippen LogP contribution >= 0.6 is 11.6 Å². The smallest absolute Gasteiger partial charge is 0.360 e. The molecule has 0 fully saturated rings. The summed E-state index contributed by atoms with van der Waals surface area (Å²) in [5.41, 5.74) is 0.328. The van der Waals surface area contributed by atoms with E-state index in [0.29, 0.717) is 0 Å². The quantitative estimate of drug-likeness (QED) is 0.470. The van der Waals surface area contributed by atoms with Gasteiger partial charge < -0.3 is 10.6 Å². The van der Waals surface area contributed by atoms with E-state index >= 15 is 0 Å². The molecule has 0 heterocycles. The minimum Gasteiger partial charge on any atom is -0.360 e. The Morgan fingerprint density at radius 1 is 1.24 bits per heavy atom. The van der Waals surface area contributed by atoms with Gasteiger partial charge in [0.15, 0.2) is 0 Å². The normalized spacial score (nSPS) is 12.8. The summed E-state index contributed by atoms with van der Waals surface area (Å²) in [4.78, 5) is 12.4. The van der Waals surface area contributed by atoms with Crippen molar-refractivity contribution in [3.63, 3.8) is 0 Å². The average Bonchev–Trinajstić information content (AvgIpc) is 2.68. The number of hydrogen-bond donors (Lipinski definition) is 2. The number of anilines is 1. The summed E-state index contributed by atoms with van der Waals surface area (Å²) >= 11 is 5.64. The first kappa shape index (κ1) is 22.3. The molecule has 2 aromatic carbocycles. The number of halogens is 4. The molecule has 2 rings (SSSR count). The molecule has 0 saturated carbocycles. The van der Waals surface area contributed by atoms with E-state index in [1.807, 2.05) is 31.2 Å². The second kappa shape index (κ2) is 9.48. The van der Waals surface area contributed by atoms with Gasteiger partial charge in [-0.05, 0) is 42.7 Å². The molecule has 152 valence electrons. The number of nitrogens with zero attached hydrogens (tertiary/aromatic N) is 1. The number of nitriles is 1. The molecule has 1 atom stereocenters. The average molecular weight is 422 g/mol. The van der Waals surface area contributed by atoms with E-state index in [1.165, 1.54) is 6.07 Å². The molecule has 0 bridgehead atoms. The van der Waals surface area contributed by atoms with Crippen LogP contribution in [0.15, 0.2) is 54.2 Å². The van der Waals surface area contributed by atoms with Crippen LogP contribution in [0.4, 0.5) is 18.9 Å². The van der Waals surface area contributed by atoms with Gasteiger partial charge in [0.25, 0.3) is 5.91 Å². The number of amides is 1. The van der Waals surface area contributed by atoms with Crippen LogP contribution in [-0.2, 0) is 17.4 Å². The monoisotopic (exact) mass is 421 g/mol. The maximum atomic E-state index is 13.1. The number of rotatable bonds is 6. The fraction of sp³-hybridized carbons (Fsp3) is 0.238. The second-order valence-corrected chi connectivity index (χ2v) is 6.73. The van der Waals surface area contributed by atoms with E-state index in [2.05, 4.69) is 10.6 Å². The molecule has 0 saturated heterocycles. The molecule has 2 N–H and O–H groups in total. The third-order valence-corrected chi connectivity index (χ3v) is 4.49. The predicted molar refractivity (Wildman–Crippen MR) is 106 cm³/mol. The molecular formula is C21H19ClF3N3O. The molecule has 0 spiro atoms. The highest BCUT2D eigenvalue weighted by Crippen LogP contribution is 2.36. The zero-order valence-corrected chi connectivity index (χ0v) is 16.5. The Hall–Kier alpha value is -2.98. The molecular weight excluding hydrogens is 403 g/mol. The lowest BCUT2D eigenvalue weighted by Crippen LogP contribution is -2.28. The summed E-state index contributed by atoms with van der Waals surface area (Å²) in [7, 11) is 0. The highest BCUT2D eigenvalue weighted by atomic mass is 35.5. The number of alkyl halides is 3. The Balaban J connectivity index is 2.15. The van der Waals surface area contributed by atoms with Gasteiger partial charge in [-0.15, -0.1) is 0 Å². The minimum absolute atomic E-state index is 0.0759. The fourth-order valence-electron chi connectivity index (χ4n) is 2.58. The summed E-state index contributed by atoms with van der Waals surface area (Å²) < 4.78 is 39.4. The molecule has 4 nitrogen and oxygen atoms in total. The lowest BCUT2D eigenvalue weighted by molar-refractivity contribution is -0.136. The molecule has 0 aliphatic rings. The molecule has 1 unspecified atom stereocenters. The van der Waals surface area contributed by atoms with Gasteiger partial charge in [0.2, 0.25) is 0 Å². The van der Waals surface area contributed by atoms with Gasteiger partial charge in [-0.1, -0.05) is 42.8 Å². The van der Waals surface area contributed by atoms with Crippen molar-refractivity contribution in [3.05, 3.63) is 76.0 Å². The van der Waals surface area contributed by atoms with Crippen molar-refractivity contribution in [1.29, 1.82) is 5.26 Å². The third kappa shape index (κ3) is 6.00. The summed E-state index contributed by atoms with van der Waals surface area (Å²) in [5.74, 6) is -0.699. The lowest BCUT2D eigenvalue weighted by Gasteiger charge is -2.15. The number of hydrogen-bond acceptors (Lipinski definition) is 3. The Morgan fingerprint density at radius 2 is 1.90 bits per heavy atom. The van der Waals surface area contributed by atoms with Gasteiger partial charge in [-0.3, -0.25) is 4.79 Å². The molecule has 0 aliphatic heterocycles. The van der Waals surface area contributed by atoms with Gasteiger partial charge in [-0.2, -0.15) is 18.4 Å². The van der Waals surface area contributed by atoms with Crippen LogP contribution < -0.4 is 10.6 Å². The van der Waals surface area contributed by atoms with Gasteiger partial charge in [-0.25, -0.2) is 0 Å². The molecule has 2 aromatic rings. The van der Waals surface area contributed by atoms with Crippen LogP contribution in [0, 0.1) is 11.3 Å². The molecule has 0 radical (unpaired) electrons. The van der Waals surface area contributed by atoms with Crippen LogP contribution in [-0.4, -0.2) is 5.91 Å². The van der Waals surface area contributed by atoms with E-state index in [1.54, 1.807) is 13.0 Å². The van der Waals surface area contributed by atoms with Crippen LogP contribution in [0.25, 0.3) is 0 Å². The zero-order chi connectivity index (χ0) is 21.6. The number of carbonyl (C=O) groups excluding carboxylic acids is 1. The van der Waals surface area contributed by atoms with Crippen LogP contribution in [0.5, 0.6) is 0 Å². The van der Waals surface area contributed by atoms with E-state index < -0.39 is 17.6 Å². The first-order valence-electron chi connectivity index (χ1n) is 8.79. The number of nitrogens with one attached hydrogen (secondary N) is 2. The molecule has 0 aromatic heterocycles. The summed E-state index contributed by atoms with van der Waals surface area (Å²) in [6, 6.07) is 12.1. The van der Waals surface area contributed by atoms with Crippen molar-refractivity contribution in [2.45, 2.75) is 32.5 Å². The van der Waals surface area contributed by atoms with Gasteiger partial charge in [0, 0.05) is 11.2 Å². The lowest BCUT2D eigenvalue weighted by atomic mass is 10.0. The van der Waals surface area contributed by atoms with Gasteiger partial charge in [0.1, 0.15) is 11.6 Å². The Morgan fingerprint density at radius 3 is 2.45 bits per heavy atom. The van der Waals surface area contributed by atoms with Crippen molar-refractivity contribution in [3.8, 4) is 6.07 Å². The minimum atomic E-state index is -4.64. The van der Waals surface area contributed by atoms with Crippen molar-refractivity contribution < 1.29 is 18.0 Å². The maximum absolute atomic E-state index is 13.1. The first-order valence-corrected chi connectivity index (χ1v) is 9.16. The van der Waals surface area contributed by atoms with E-state index in [4.69, 9.17) is 11.6 Å². The molecule has 0 aliphatic carbocycles. The van der Waals surface area contributed by atoms with Crippen molar-refractivity contribution in [2.24, 2.45) is 0 Å². The largest absolute Gasteiger partial charge is 0.418 e. The molecule has 29 heavy (non-hydrogen) atoms.